The first-order valence-corrected chi connectivity index (χ1v) is 3.23. The Hall–Kier alpha value is -1.39. The van der Waals surface area contributed by atoms with Crippen molar-refractivity contribution in [2.45, 2.75) is 13.3 Å². The highest BCUT2D eigenvalue weighted by atomic mass is 16.2. The number of hydrogen-bond donors (Lipinski definition) is 1. The molecular formula is C6H8N2O3. The van der Waals surface area contributed by atoms with Gasteiger partial charge >= 0.3 is 5.91 Å². The molecule has 0 aromatic carbocycles. The maximum atomic E-state index is 10.8. The van der Waals surface area contributed by atoms with Gasteiger partial charge in [-0.05, 0) is 0 Å². The lowest BCUT2D eigenvalue weighted by Gasteiger charge is -2.13. The van der Waals surface area contributed by atoms with Crippen molar-refractivity contribution in [3.63, 3.8) is 0 Å². The Bertz CT molecular complexity index is 224. The van der Waals surface area contributed by atoms with Crippen LogP contribution in [0.2, 0.25) is 0 Å². The maximum absolute atomic E-state index is 10.8. The minimum atomic E-state index is -0.625. The van der Waals surface area contributed by atoms with Crippen LogP contribution < -0.4 is 5.43 Å². The van der Waals surface area contributed by atoms with E-state index in [0.717, 1.165) is 5.01 Å². The fraction of sp³-hybridized carbons (Fsp3) is 0.500. The second kappa shape index (κ2) is 2.69. The van der Waals surface area contributed by atoms with Crippen molar-refractivity contribution in [2.75, 3.05) is 6.54 Å². The molecule has 60 valence electrons. The summed E-state index contributed by atoms with van der Waals surface area (Å²) in [6.45, 7) is 1.58. The number of hydrogen-bond acceptors (Lipinski definition) is 3. The summed E-state index contributed by atoms with van der Waals surface area (Å²) < 4.78 is 0. The van der Waals surface area contributed by atoms with Gasteiger partial charge < -0.3 is 0 Å². The van der Waals surface area contributed by atoms with E-state index in [0.29, 0.717) is 0 Å². The fourth-order valence-electron chi connectivity index (χ4n) is 0.869. The number of Topliss-reactive ketones (excluding diaryl/α,β-unsaturated/α-hetero) is 1. The molecule has 1 fully saturated rings. The summed E-state index contributed by atoms with van der Waals surface area (Å²) in [7, 11) is 0. The van der Waals surface area contributed by atoms with Gasteiger partial charge in [-0.2, -0.15) is 0 Å². The van der Waals surface area contributed by atoms with Gasteiger partial charge in [-0.3, -0.25) is 19.8 Å². The smallest absolute Gasteiger partial charge is 0.289 e. The summed E-state index contributed by atoms with van der Waals surface area (Å²) in [4.78, 5) is 31.9. The fourth-order valence-corrected chi connectivity index (χ4v) is 0.869. The predicted molar refractivity (Wildman–Crippen MR) is 35.2 cm³/mol. The number of nitrogens with zero attached hydrogens (tertiary/aromatic N) is 1. The number of rotatable bonds is 1. The SMILES string of the molecule is CC(=O)NN1CCC(=O)C1=O. The molecule has 5 nitrogen and oxygen atoms in total. The Balaban J connectivity index is 2.55. The second-order valence-corrected chi connectivity index (χ2v) is 2.30. The lowest BCUT2D eigenvalue weighted by Crippen LogP contribution is -2.42. The predicted octanol–water partition coefficient (Wildman–Crippen LogP) is -1.16. The van der Waals surface area contributed by atoms with E-state index in [9.17, 15) is 14.4 Å². The molecule has 1 N–H and O–H groups in total. The summed E-state index contributed by atoms with van der Waals surface area (Å²) >= 11 is 0. The molecule has 1 rings (SSSR count). The minimum Gasteiger partial charge on any atom is -0.289 e. The van der Waals surface area contributed by atoms with E-state index in [4.69, 9.17) is 0 Å². The molecule has 1 heterocycles. The summed E-state index contributed by atoms with van der Waals surface area (Å²) in [5.74, 6) is -1.41. The highest BCUT2D eigenvalue weighted by molar-refractivity contribution is 6.37. The number of carbonyl (C=O) groups excluding carboxylic acids is 3. The van der Waals surface area contributed by atoms with E-state index >= 15 is 0 Å². The number of carbonyl (C=O) groups is 3. The molecule has 0 aromatic heterocycles. The second-order valence-electron chi connectivity index (χ2n) is 2.30. The first-order chi connectivity index (χ1) is 5.11. The molecule has 5 heteroatoms. The van der Waals surface area contributed by atoms with E-state index in [-0.39, 0.29) is 18.9 Å². The van der Waals surface area contributed by atoms with E-state index < -0.39 is 11.7 Å². The molecular weight excluding hydrogens is 148 g/mol. The van der Waals surface area contributed by atoms with Crippen molar-refractivity contribution in [1.82, 2.24) is 10.4 Å². The monoisotopic (exact) mass is 156 g/mol. The van der Waals surface area contributed by atoms with Gasteiger partial charge in [0, 0.05) is 13.3 Å². The lowest BCUT2D eigenvalue weighted by molar-refractivity contribution is -0.144. The number of amides is 2. The van der Waals surface area contributed by atoms with E-state index in [1.165, 1.54) is 6.92 Å². The molecule has 0 aliphatic carbocycles. The lowest BCUT2D eigenvalue weighted by atomic mass is 10.3. The molecule has 1 aliphatic rings. The summed E-state index contributed by atoms with van der Waals surface area (Å²) in [5.41, 5.74) is 2.25. The van der Waals surface area contributed by atoms with Gasteiger partial charge in [0.25, 0.3) is 0 Å². The minimum absolute atomic E-state index is 0.194. The van der Waals surface area contributed by atoms with Gasteiger partial charge in [0.05, 0.1) is 6.54 Å². The zero-order chi connectivity index (χ0) is 8.43. The van der Waals surface area contributed by atoms with E-state index in [1.807, 2.05) is 0 Å². The zero-order valence-corrected chi connectivity index (χ0v) is 6.09. The van der Waals surface area contributed by atoms with E-state index in [1.54, 1.807) is 0 Å². The first-order valence-electron chi connectivity index (χ1n) is 3.23. The summed E-state index contributed by atoms with van der Waals surface area (Å²) in [6.07, 6.45) is 0.194. The summed E-state index contributed by atoms with van der Waals surface area (Å²) in [6, 6.07) is 0. The number of ketones is 1. The van der Waals surface area contributed by atoms with Crippen LogP contribution in [0.5, 0.6) is 0 Å². The van der Waals surface area contributed by atoms with Crippen molar-refractivity contribution in [3.05, 3.63) is 0 Å². The Morgan fingerprint density at radius 3 is 2.55 bits per heavy atom. The van der Waals surface area contributed by atoms with Crippen LogP contribution >= 0.6 is 0 Å². The van der Waals surface area contributed by atoms with Crippen LogP contribution in [0.1, 0.15) is 13.3 Å². The van der Waals surface area contributed by atoms with Crippen LogP contribution in [0, 0.1) is 0 Å². The molecule has 1 saturated heterocycles. The van der Waals surface area contributed by atoms with Crippen LogP contribution in [-0.2, 0) is 14.4 Å². The molecule has 0 radical (unpaired) electrons. The van der Waals surface area contributed by atoms with Crippen LogP contribution in [0.15, 0.2) is 0 Å². The third kappa shape index (κ3) is 1.54. The van der Waals surface area contributed by atoms with Crippen molar-refractivity contribution in [1.29, 1.82) is 0 Å². The van der Waals surface area contributed by atoms with Crippen LogP contribution in [0.4, 0.5) is 0 Å². The van der Waals surface area contributed by atoms with Gasteiger partial charge in [-0.15, -0.1) is 0 Å². The molecule has 1 aliphatic heterocycles. The Morgan fingerprint density at radius 2 is 2.18 bits per heavy atom. The molecule has 0 unspecified atom stereocenters. The molecule has 0 spiro atoms. The molecule has 2 amide bonds. The van der Waals surface area contributed by atoms with Crippen LogP contribution in [-0.4, -0.2) is 29.2 Å². The third-order valence-corrected chi connectivity index (χ3v) is 1.34. The average molecular weight is 156 g/mol. The van der Waals surface area contributed by atoms with Gasteiger partial charge in [-0.1, -0.05) is 0 Å². The van der Waals surface area contributed by atoms with Crippen molar-refractivity contribution < 1.29 is 14.4 Å². The van der Waals surface area contributed by atoms with Gasteiger partial charge in [0.2, 0.25) is 11.7 Å². The normalized spacial score (nSPS) is 17.4. The van der Waals surface area contributed by atoms with Gasteiger partial charge in [-0.25, -0.2) is 5.01 Å². The van der Waals surface area contributed by atoms with Crippen LogP contribution in [0.25, 0.3) is 0 Å². The van der Waals surface area contributed by atoms with Gasteiger partial charge in [0.1, 0.15) is 0 Å². The quantitative estimate of drug-likeness (QED) is 0.487. The summed E-state index contributed by atoms with van der Waals surface area (Å²) in [5, 5.41) is 1.03. The Labute approximate surface area is 63.3 Å². The number of nitrogens with one attached hydrogen (secondary N) is 1. The zero-order valence-electron chi connectivity index (χ0n) is 6.09. The molecule has 0 atom stereocenters. The third-order valence-electron chi connectivity index (χ3n) is 1.34. The van der Waals surface area contributed by atoms with Crippen molar-refractivity contribution in [3.8, 4) is 0 Å². The highest BCUT2D eigenvalue weighted by Crippen LogP contribution is 2.01. The van der Waals surface area contributed by atoms with E-state index in [2.05, 4.69) is 5.43 Å². The molecule has 0 saturated carbocycles. The molecule has 0 bridgehead atoms. The Kier molecular flexibility index (Phi) is 1.89. The molecule has 0 aromatic rings. The van der Waals surface area contributed by atoms with Crippen LogP contribution in [0.3, 0.4) is 0 Å². The largest absolute Gasteiger partial charge is 0.308 e. The highest BCUT2D eigenvalue weighted by Gasteiger charge is 2.29. The average Bonchev–Trinajstić information content (AvgIpc) is 2.18. The van der Waals surface area contributed by atoms with Crippen molar-refractivity contribution >= 4 is 17.6 Å². The van der Waals surface area contributed by atoms with Gasteiger partial charge in [0.15, 0.2) is 0 Å². The number of hydrazine groups is 1. The standard InChI is InChI=1S/C6H8N2O3/c1-4(9)7-8-3-2-5(10)6(8)11/h2-3H2,1H3,(H,7,9). The maximum Gasteiger partial charge on any atom is 0.308 e. The Morgan fingerprint density at radius 1 is 1.55 bits per heavy atom. The topological polar surface area (TPSA) is 66.5 Å². The van der Waals surface area contributed by atoms with Crippen molar-refractivity contribution in [2.24, 2.45) is 0 Å². The first kappa shape index (κ1) is 7.71. The molecule has 11 heavy (non-hydrogen) atoms.